The summed E-state index contributed by atoms with van der Waals surface area (Å²) in [5.41, 5.74) is 15.2. The third kappa shape index (κ3) is 14.1. The fourth-order valence-electron chi connectivity index (χ4n) is 14.6. The van der Waals surface area contributed by atoms with E-state index in [1.807, 2.05) is 22.7 Å². The van der Waals surface area contributed by atoms with Crippen LogP contribution in [0.4, 0.5) is 0 Å². The van der Waals surface area contributed by atoms with Gasteiger partial charge < -0.3 is 9.13 Å². The van der Waals surface area contributed by atoms with Gasteiger partial charge >= 0.3 is 0 Å². The Kier molecular flexibility index (Phi) is 22.1. The van der Waals surface area contributed by atoms with Crippen LogP contribution in [0.5, 0.6) is 0 Å². The molecule has 4 nitrogen and oxygen atoms in total. The molecule has 0 aliphatic rings. The number of fused-ring (bicyclic) bond motifs is 13. The number of rotatable bonds is 36. The Morgan fingerprint density at radius 3 is 1.09 bits per heavy atom. The highest BCUT2D eigenvalue weighted by Crippen LogP contribution is 2.49. The lowest BCUT2D eigenvalue weighted by molar-refractivity contribution is 0.401. The van der Waals surface area contributed by atoms with Gasteiger partial charge in [0.05, 0.1) is 31.5 Å². The number of para-hydroxylation sites is 2. The topological polar surface area (TPSA) is 35.6 Å². The van der Waals surface area contributed by atoms with Gasteiger partial charge in [0, 0.05) is 77.2 Å². The fourth-order valence-corrected chi connectivity index (χ4v) is 17.0. The summed E-state index contributed by atoms with van der Waals surface area (Å²) in [7, 11) is 0. The Balaban J connectivity index is 1.00. The molecule has 0 saturated heterocycles. The summed E-state index contributed by atoms with van der Waals surface area (Å²) >= 11 is 3.91. The third-order valence-electron chi connectivity index (χ3n) is 19.8. The van der Waals surface area contributed by atoms with Crippen LogP contribution in [0.2, 0.25) is 0 Å². The minimum atomic E-state index is 0.669. The molecule has 454 valence electrons. The second kappa shape index (κ2) is 30.6. The largest absolute Gasteiger partial charge is 0.340 e. The quantitative estimate of drug-likeness (QED) is 0.0290. The van der Waals surface area contributed by atoms with Crippen molar-refractivity contribution in [2.24, 2.45) is 11.8 Å². The highest BCUT2D eigenvalue weighted by molar-refractivity contribution is 7.30. The summed E-state index contributed by atoms with van der Waals surface area (Å²) in [5, 5.41) is 7.88. The van der Waals surface area contributed by atoms with Gasteiger partial charge in [0.2, 0.25) is 0 Å². The zero-order chi connectivity index (χ0) is 59.2. The first-order chi connectivity index (χ1) is 42.4. The number of hydrogen-bond acceptors (Lipinski definition) is 4. The van der Waals surface area contributed by atoms with Crippen LogP contribution in [-0.2, 0) is 25.9 Å². The lowest BCUT2D eigenvalue weighted by Crippen LogP contribution is -2.10. The van der Waals surface area contributed by atoms with E-state index in [0.717, 1.165) is 48.0 Å². The van der Waals surface area contributed by atoms with Crippen molar-refractivity contribution in [3.05, 3.63) is 120 Å². The van der Waals surface area contributed by atoms with Crippen molar-refractivity contribution in [3.8, 4) is 20.9 Å². The van der Waals surface area contributed by atoms with E-state index in [9.17, 15) is 0 Å². The molecule has 0 fully saturated rings. The van der Waals surface area contributed by atoms with Crippen LogP contribution in [-0.4, -0.2) is 19.1 Å². The third-order valence-corrected chi connectivity index (χ3v) is 22.4. The Morgan fingerprint density at radius 2 is 0.709 bits per heavy atom. The highest BCUT2D eigenvalue weighted by Gasteiger charge is 2.23. The Hall–Kier alpha value is -5.56. The summed E-state index contributed by atoms with van der Waals surface area (Å²) in [4.78, 5) is 14.2. The van der Waals surface area contributed by atoms with Crippen LogP contribution in [0.15, 0.2) is 109 Å². The maximum atomic E-state index is 5.82. The first-order valence-corrected chi connectivity index (χ1v) is 36.7. The van der Waals surface area contributed by atoms with Gasteiger partial charge in [-0.25, -0.2) is 9.97 Å². The van der Waals surface area contributed by atoms with Crippen molar-refractivity contribution in [1.82, 2.24) is 19.1 Å². The molecular formula is C80H102N4S2. The normalized spacial score (nSPS) is 13.0. The monoisotopic (exact) mass is 1180 g/mol. The molecule has 2 atom stereocenters. The maximum Gasteiger partial charge on any atom is 0.0988 e. The van der Waals surface area contributed by atoms with Crippen molar-refractivity contribution in [3.63, 3.8) is 0 Å². The van der Waals surface area contributed by atoms with Crippen molar-refractivity contribution < 1.29 is 0 Å². The van der Waals surface area contributed by atoms with Gasteiger partial charge in [0.1, 0.15) is 0 Å². The van der Waals surface area contributed by atoms with Gasteiger partial charge in [-0.05, 0) is 133 Å². The predicted octanol–water partition coefficient (Wildman–Crippen LogP) is 26.1. The highest BCUT2D eigenvalue weighted by atomic mass is 32.1. The van der Waals surface area contributed by atoms with E-state index in [0.29, 0.717) is 11.8 Å². The van der Waals surface area contributed by atoms with E-state index in [2.05, 4.69) is 160 Å². The molecule has 2 unspecified atom stereocenters. The molecule has 86 heavy (non-hydrogen) atoms. The molecule has 0 amide bonds. The number of aromatic nitrogens is 4. The lowest BCUT2D eigenvalue weighted by Gasteiger charge is -2.17. The van der Waals surface area contributed by atoms with Crippen molar-refractivity contribution in [1.29, 1.82) is 0 Å². The van der Waals surface area contributed by atoms with E-state index in [4.69, 9.17) is 9.97 Å². The van der Waals surface area contributed by atoms with Crippen LogP contribution in [0.25, 0.3) is 107 Å². The van der Waals surface area contributed by atoms with Crippen LogP contribution in [0.1, 0.15) is 232 Å². The Morgan fingerprint density at radius 1 is 0.349 bits per heavy atom. The zero-order valence-corrected chi connectivity index (χ0v) is 55.4. The molecule has 0 bridgehead atoms. The minimum Gasteiger partial charge on any atom is -0.340 e. The first kappa shape index (κ1) is 62.1. The van der Waals surface area contributed by atoms with Crippen LogP contribution < -0.4 is 0 Å². The molecular weight excluding hydrogens is 1080 g/mol. The van der Waals surface area contributed by atoms with Gasteiger partial charge in [0.25, 0.3) is 0 Å². The van der Waals surface area contributed by atoms with Gasteiger partial charge in [-0.3, -0.25) is 0 Å². The molecule has 0 radical (unpaired) electrons. The Bertz CT molecular complexity index is 3720. The van der Waals surface area contributed by atoms with Gasteiger partial charge in [-0.1, -0.05) is 244 Å². The second-order valence-corrected chi connectivity index (χ2v) is 28.3. The van der Waals surface area contributed by atoms with E-state index in [-0.39, 0.29) is 0 Å². The molecule has 0 aliphatic heterocycles. The SMILES string of the molecule is CCCCCCCCCCCCc1cc2nc3c4cc(-c5ccc6c(c5)c5ccccc5n6CC(CC)CCCC)sc4c4sc(-c5ccc6c(c5)c5ccccc5n6CC(CC)CCCC)cc4c3nc2cc1CCCCCCCCCCCC. The van der Waals surface area contributed by atoms with Crippen molar-refractivity contribution in [2.75, 3.05) is 0 Å². The molecule has 0 saturated carbocycles. The minimum absolute atomic E-state index is 0.669. The number of hydrogen-bond donors (Lipinski definition) is 0. The number of unbranched alkanes of at least 4 members (excludes halogenated alkanes) is 20. The van der Waals surface area contributed by atoms with Gasteiger partial charge in [-0.15, -0.1) is 22.7 Å². The summed E-state index contributed by atoms with van der Waals surface area (Å²) < 4.78 is 7.92. The van der Waals surface area contributed by atoms with Crippen LogP contribution >= 0.6 is 22.7 Å². The van der Waals surface area contributed by atoms with Gasteiger partial charge in [0.15, 0.2) is 0 Å². The Labute approximate surface area is 524 Å². The molecule has 0 N–H and O–H groups in total. The zero-order valence-electron chi connectivity index (χ0n) is 53.8. The maximum absolute atomic E-state index is 5.82. The molecule has 0 aliphatic carbocycles. The number of thiophene rings is 2. The van der Waals surface area contributed by atoms with E-state index >= 15 is 0 Å². The standard InChI is InChI=1S/C80H102N4S2/c1-7-13-17-19-21-23-25-27-29-31-39-59-51-69-70(52-60(59)40-32-30-28-26-24-22-20-18-14-8-2)82-78-68-54-76(62-46-48-74-66(50-62)64-42-34-36-44-72(64)84(74)56-58(12-6)38-16-10-4)86-80(68)79-67(77(78)81-69)53-75(85-79)61-45-47-73-65(49-61)63-41-33-35-43-71(63)83(73)55-57(11-5)37-15-9-3/h33-36,41-54,57-58H,7-32,37-40,55-56H2,1-6H3. The van der Waals surface area contributed by atoms with E-state index < -0.39 is 0 Å². The molecule has 5 aromatic heterocycles. The average molecular weight is 1180 g/mol. The summed E-state index contributed by atoms with van der Waals surface area (Å²) in [6.07, 6.45) is 39.5. The van der Waals surface area contributed by atoms with Crippen LogP contribution in [0, 0.1) is 11.8 Å². The molecule has 0 spiro atoms. The predicted molar refractivity (Wildman–Crippen MR) is 382 cm³/mol. The first-order valence-electron chi connectivity index (χ1n) is 35.1. The summed E-state index contributed by atoms with van der Waals surface area (Å²) in [6.45, 7) is 16.2. The molecule has 6 aromatic carbocycles. The fraction of sp³-hybridized carbons (Fsp3) is 0.500. The van der Waals surface area contributed by atoms with E-state index in [1.54, 1.807) is 0 Å². The van der Waals surface area contributed by atoms with Gasteiger partial charge in [-0.2, -0.15) is 0 Å². The molecule has 6 heteroatoms. The number of nitrogens with zero attached hydrogens (tertiary/aromatic N) is 4. The second-order valence-electron chi connectivity index (χ2n) is 26.2. The molecule has 11 aromatic rings. The lowest BCUT2D eigenvalue weighted by atomic mass is 9.95. The average Bonchev–Trinajstić information content (AvgIpc) is 1.95. The molecule has 5 heterocycles. The summed E-state index contributed by atoms with van der Waals surface area (Å²) in [6, 6.07) is 42.9. The number of aryl methyl sites for hydroxylation is 2. The summed E-state index contributed by atoms with van der Waals surface area (Å²) in [5.74, 6) is 1.34. The van der Waals surface area contributed by atoms with Crippen LogP contribution in [0.3, 0.4) is 0 Å². The molecule has 11 rings (SSSR count). The number of benzene rings is 6. The smallest absolute Gasteiger partial charge is 0.0988 e. The van der Waals surface area contributed by atoms with E-state index in [1.165, 1.54) is 276 Å². The van der Waals surface area contributed by atoms with Crippen molar-refractivity contribution >= 4 is 109 Å². The van der Waals surface area contributed by atoms with Crippen molar-refractivity contribution in [2.45, 2.75) is 247 Å².